The van der Waals surface area contributed by atoms with E-state index in [1.807, 2.05) is 22.6 Å². The van der Waals surface area contributed by atoms with Crippen LogP contribution in [0, 0.1) is 0 Å². The molecular formula is C9H15IO5. The molecule has 0 aromatic heterocycles. The van der Waals surface area contributed by atoms with Gasteiger partial charge >= 0.3 is 0 Å². The van der Waals surface area contributed by atoms with Gasteiger partial charge in [-0.2, -0.15) is 0 Å². The Morgan fingerprint density at radius 1 is 1.27 bits per heavy atom. The average Bonchev–Trinajstić information content (AvgIpc) is 2.47. The molecule has 2 N–H and O–H groups in total. The van der Waals surface area contributed by atoms with E-state index in [1.54, 1.807) is 13.8 Å². The van der Waals surface area contributed by atoms with Gasteiger partial charge in [0.05, 0.1) is 16.6 Å². The maximum absolute atomic E-state index is 9.95. The molecule has 0 aliphatic carbocycles. The maximum Gasteiger partial charge on any atom is 0.224 e. The molecule has 88 valence electrons. The lowest BCUT2D eigenvalue weighted by atomic mass is 9.99. The Hall–Kier alpha value is 0.530. The molecule has 0 unspecified atom stereocenters. The van der Waals surface area contributed by atoms with Gasteiger partial charge in [-0.3, -0.25) is 0 Å². The highest BCUT2D eigenvalue weighted by Gasteiger charge is 2.57. The van der Waals surface area contributed by atoms with Crippen molar-refractivity contribution in [2.75, 3.05) is 13.2 Å². The molecule has 5 nitrogen and oxygen atoms in total. The van der Waals surface area contributed by atoms with E-state index in [0.717, 1.165) is 0 Å². The lowest BCUT2D eigenvalue weighted by Gasteiger charge is -2.41. The SMILES string of the molecule is CC1(C)OC[C@]2(OC[C@H](I)[C@@H](O)[C@H]2O)O1. The van der Waals surface area contributed by atoms with Gasteiger partial charge in [-0.25, -0.2) is 0 Å². The summed E-state index contributed by atoms with van der Waals surface area (Å²) in [6.45, 7) is 3.99. The van der Waals surface area contributed by atoms with E-state index in [9.17, 15) is 10.2 Å². The third kappa shape index (κ3) is 2.03. The molecule has 0 amide bonds. The van der Waals surface area contributed by atoms with Crippen LogP contribution in [0.15, 0.2) is 0 Å². The van der Waals surface area contributed by atoms with Crippen LogP contribution in [-0.2, 0) is 14.2 Å². The topological polar surface area (TPSA) is 68.2 Å². The van der Waals surface area contributed by atoms with Crippen molar-refractivity contribution in [2.24, 2.45) is 0 Å². The van der Waals surface area contributed by atoms with Gasteiger partial charge in [0.25, 0.3) is 0 Å². The highest BCUT2D eigenvalue weighted by Crippen LogP contribution is 2.39. The summed E-state index contributed by atoms with van der Waals surface area (Å²) < 4.78 is 16.3. The zero-order valence-electron chi connectivity index (χ0n) is 8.64. The molecule has 2 fully saturated rings. The van der Waals surface area contributed by atoms with Gasteiger partial charge in [0.1, 0.15) is 12.7 Å². The second-order valence-corrected chi connectivity index (χ2v) is 5.96. The standard InChI is InChI=1S/C9H15IO5/c1-8(2)14-4-9(15-8)7(12)6(11)5(10)3-13-9/h5-7,11-12H,3-4H2,1-2H3/t5-,6+,7+,9-/m0/s1. The van der Waals surface area contributed by atoms with Crippen LogP contribution in [0.5, 0.6) is 0 Å². The number of rotatable bonds is 0. The lowest BCUT2D eigenvalue weighted by Crippen LogP contribution is -2.61. The van der Waals surface area contributed by atoms with Gasteiger partial charge in [-0.05, 0) is 13.8 Å². The van der Waals surface area contributed by atoms with E-state index in [2.05, 4.69) is 0 Å². The minimum Gasteiger partial charge on any atom is -0.389 e. The summed E-state index contributed by atoms with van der Waals surface area (Å²) >= 11 is 2.05. The van der Waals surface area contributed by atoms with Gasteiger partial charge in [-0.1, -0.05) is 22.6 Å². The van der Waals surface area contributed by atoms with Crippen LogP contribution in [0.2, 0.25) is 0 Å². The van der Waals surface area contributed by atoms with Crippen molar-refractivity contribution in [2.45, 2.75) is 41.6 Å². The fraction of sp³-hybridized carbons (Fsp3) is 1.00. The van der Waals surface area contributed by atoms with Crippen LogP contribution in [0.3, 0.4) is 0 Å². The summed E-state index contributed by atoms with van der Waals surface area (Å²) in [5, 5.41) is 19.7. The van der Waals surface area contributed by atoms with Gasteiger partial charge in [-0.15, -0.1) is 0 Å². The number of alkyl halides is 1. The van der Waals surface area contributed by atoms with Gasteiger partial charge in [0.2, 0.25) is 5.79 Å². The van der Waals surface area contributed by atoms with Crippen LogP contribution < -0.4 is 0 Å². The molecule has 2 aliphatic heterocycles. The molecule has 4 atom stereocenters. The van der Waals surface area contributed by atoms with Crippen LogP contribution in [0.4, 0.5) is 0 Å². The van der Waals surface area contributed by atoms with Gasteiger partial charge in [0.15, 0.2) is 5.79 Å². The first-order valence-electron chi connectivity index (χ1n) is 4.85. The predicted octanol–water partition coefficient (Wildman–Crippen LogP) is 0.0212. The smallest absolute Gasteiger partial charge is 0.224 e. The summed E-state index contributed by atoms with van der Waals surface area (Å²) in [4.78, 5) is 0. The first-order valence-corrected chi connectivity index (χ1v) is 6.09. The fourth-order valence-electron chi connectivity index (χ4n) is 1.83. The molecule has 2 rings (SSSR count). The zero-order valence-corrected chi connectivity index (χ0v) is 10.8. The Morgan fingerprint density at radius 3 is 2.47 bits per heavy atom. The summed E-state index contributed by atoms with van der Waals surface area (Å²) in [6.07, 6.45) is -1.92. The minimum atomic E-state index is -1.20. The van der Waals surface area contributed by atoms with Crippen LogP contribution in [0.1, 0.15) is 13.8 Å². The van der Waals surface area contributed by atoms with Crippen LogP contribution in [-0.4, -0.2) is 51.1 Å². The Kier molecular flexibility index (Phi) is 3.02. The first kappa shape index (κ1) is 12.0. The van der Waals surface area contributed by atoms with Gasteiger partial charge < -0.3 is 24.4 Å². The number of aliphatic hydroxyl groups is 2. The van der Waals surface area contributed by atoms with E-state index in [4.69, 9.17) is 14.2 Å². The predicted molar refractivity (Wildman–Crippen MR) is 59.6 cm³/mol. The molecule has 2 aliphatic rings. The average molecular weight is 330 g/mol. The van der Waals surface area contributed by atoms with Crippen molar-refractivity contribution in [3.8, 4) is 0 Å². The third-order valence-corrected chi connectivity index (χ3v) is 3.77. The quantitative estimate of drug-likeness (QED) is 0.484. The Balaban J connectivity index is 2.16. The third-order valence-electron chi connectivity index (χ3n) is 2.67. The Morgan fingerprint density at radius 2 is 1.93 bits per heavy atom. The summed E-state index contributed by atoms with van der Waals surface area (Å²) in [5.74, 6) is -1.98. The summed E-state index contributed by atoms with van der Waals surface area (Å²) in [5.41, 5.74) is 0. The van der Waals surface area contributed by atoms with Crippen molar-refractivity contribution in [3.63, 3.8) is 0 Å². The molecular weight excluding hydrogens is 315 g/mol. The maximum atomic E-state index is 9.95. The van der Waals surface area contributed by atoms with E-state index in [0.29, 0.717) is 6.61 Å². The second kappa shape index (κ2) is 3.78. The molecule has 1 spiro atoms. The molecule has 0 bridgehead atoms. The number of halogens is 1. The molecule has 2 saturated heterocycles. The van der Waals surface area contributed by atoms with E-state index in [-0.39, 0.29) is 10.5 Å². The number of hydrogen-bond donors (Lipinski definition) is 2. The van der Waals surface area contributed by atoms with E-state index in [1.165, 1.54) is 0 Å². The minimum absolute atomic E-state index is 0.129. The number of aliphatic hydroxyl groups excluding tert-OH is 2. The van der Waals surface area contributed by atoms with E-state index >= 15 is 0 Å². The normalized spacial score (nSPS) is 49.8. The van der Waals surface area contributed by atoms with E-state index < -0.39 is 23.8 Å². The van der Waals surface area contributed by atoms with Crippen molar-refractivity contribution in [1.82, 2.24) is 0 Å². The fourth-order valence-corrected chi connectivity index (χ4v) is 2.40. The molecule has 6 heteroatoms. The zero-order chi connectivity index (χ0) is 11.3. The molecule has 0 radical (unpaired) electrons. The molecule has 0 aromatic carbocycles. The Labute approximate surface area is 102 Å². The molecule has 0 aromatic rings. The highest BCUT2D eigenvalue weighted by molar-refractivity contribution is 14.1. The highest BCUT2D eigenvalue weighted by atomic mass is 127. The lowest BCUT2D eigenvalue weighted by molar-refractivity contribution is -0.318. The van der Waals surface area contributed by atoms with Crippen molar-refractivity contribution in [3.05, 3.63) is 0 Å². The second-order valence-electron chi connectivity index (χ2n) is 4.36. The molecule has 15 heavy (non-hydrogen) atoms. The summed E-state index contributed by atoms with van der Waals surface area (Å²) in [7, 11) is 0. The van der Waals surface area contributed by atoms with Crippen LogP contribution in [0.25, 0.3) is 0 Å². The number of hydrogen-bond acceptors (Lipinski definition) is 5. The van der Waals surface area contributed by atoms with Crippen molar-refractivity contribution in [1.29, 1.82) is 0 Å². The summed E-state index contributed by atoms with van der Waals surface area (Å²) in [6, 6.07) is 0. The molecule has 0 saturated carbocycles. The van der Waals surface area contributed by atoms with Crippen molar-refractivity contribution >= 4 is 22.6 Å². The monoisotopic (exact) mass is 330 g/mol. The molecule has 2 heterocycles. The van der Waals surface area contributed by atoms with Crippen molar-refractivity contribution < 1.29 is 24.4 Å². The number of ether oxygens (including phenoxy) is 3. The first-order chi connectivity index (χ1) is 6.86. The Bertz CT molecular complexity index is 259. The van der Waals surface area contributed by atoms with Gasteiger partial charge in [0, 0.05) is 0 Å². The van der Waals surface area contributed by atoms with Crippen LogP contribution >= 0.6 is 22.6 Å². The largest absolute Gasteiger partial charge is 0.389 e.